The van der Waals surface area contributed by atoms with Gasteiger partial charge in [0.1, 0.15) is 31.8 Å². The summed E-state index contributed by atoms with van der Waals surface area (Å²) in [6.07, 6.45) is 17.3. The van der Waals surface area contributed by atoms with Gasteiger partial charge in [-0.3, -0.25) is 14.4 Å². The minimum absolute atomic E-state index is 0.166. The van der Waals surface area contributed by atoms with Gasteiger partial charge >= 0.3 is 5.97 Å². The summed E-state index contributed by atoms with van der Waals surface area (Å²) in [6.45, 7) is 3.05. The van der Waals surface area contributed by atoms with E-state index in [0.717, 1.165) is 19.3 Å². The van der Waals surface area contributed by atoms with Crippen molar-refractivity contribution in [1.82, 2.24) is 10.6 Å². The summed E-state index contributed by atoms with van der Waals surface area (Å²) in [5.41, 5.74) is 0. The number of ether oxygens (including phenoxy) is 2. The van der Waals surface area contributed by atoms with E-state index in [-0.39, 0.29) is 30.8 Å². The van der Waals surface area contributed by atoms with Gasteiger partial charge in [-0.05, 0) is 6.42 Å². The number of unbranched alkanes of at least 4 members (excludes halogenated alkanes) is 12. The molecule has 0 aliphatic rings. The van der Waals surface area contributed by atoms with Crippen molar-refractivity contribution in [1.29, 1.82) is 0 Å². The molecule has 9 nitrogen and oxygen atoms in total. The third-order valence-electron chi connectivity index (χ3n) is 5.83. The zero-order valence-corrected chi connectivity index (χ0v) is 23.8. The molecule has 0 saturated carbocycles. The Bertz CT molecular complexity index is 607. The van der Waals surface area contributed by atoms with Gasteiger partial charge in [-0.1, -0.05) is 84.0 Å². The van der Waals surface area contributed by atoms with Crippen LogP contribution < -0.4 is 10.6 Å². The Morgan fingerprint density at radius 1 is 0.892 bits per heavy atom. The number of aliphatic hydroxyl groups excluding tert-OH is 1. The first kappa shape index (κ1) is 35.4. The first-order chi connectivity index (χ1) is 17.9. The second-order valence-electron chi connectivity index (χ2n) is 9.29. The number of rotatable bonds is 26. The minimum Gasteiger partial charge on any atom is -0.465 e. The molecule has 3 N–H and O–H groups in total. The molecule has 0 heterocycles. The Labute approximate surface area is 227 Å². The van der Waals surface area contributed by atoms with Crippen LogP contribution in [0.25, 0.3) is 0 Å². The van der Waals surface area contributed by atoms with Crippen molar-refractivity contribution in [2.75, 3.05) is 31.5 Å². The Kier molecular flexibility index (Phi) is 24.8. The Hall–Kier alpha value is -1.65. The van der Waals surface area contributed by atoms with Crippen molar-refractivity contribution in [3.05, 3.63) is 0 Å². The molecule has 0 unspecified atom stereocenters. The Balaban J connectivity index is 3.82. The molecule has 10 heteroatoms. The quantitative estimate of drug-likeness (QED) is 0.0644. The van der Waals surface area contributed by atoms with Gasteiger partial charge in [-0.25, -0.2) is 0 Å². The molecule has 0 aliphatic carbocycles. The molecular weight excluding hydrogens is 496 g/mol. The topological polar surface area (TPSA) is 131 Å². The van der Waals surface area contributed by atoms with Crippen molar-refractivity contribution in [2.24, 2.45) is 0 Å². The fourth-order valence-corrected chi connectivity index (χ4v) is 4.62. The number of aliphatic hydroxyl groups is 1. The van der Waals surface area contributed by atoms with E-state index in [2.05, 4.69) is 17.6 Å². The highest BCUT2D eigenvalue weighted by Gasteiger charge is 2.22. The van der Waals surface area contributed by atoms with Crippen LogP contribution in [0.5, 0.6) is 0 Å². The van der Waals surface area contributed by atoms with Gasteiger partial charge in [-0.15, -0.1) is 0 Å². The number of amides is 2. The number of carbonyl (C=O) groups is 4. The van der Waals surface area contributed by atoms with E-state index in [4.69, 9.17) is 14.6 Å². The van der Waals surface area contributed by atoms with Gasteiger partial charge in [0.25, 0.3) is 0 Å². The van der Waals surface area contributed by atoms with E-state index >= 15 is 0 Å². The molecule has 0 spiro atoms. The lowest BCUT2D eigenvalue weighted by Gasteiger charge is -2.20. The molecule has 0 aliphatic heterocycles. The average Bonchev–Trinajstić information content (AvgIpc) is 2.87. The molecule has 37 heavy (non-hydrogen) atoms. The predicted octanol–water partition coefficient (Wildman–Crippen LogP) is 3.90. The lowest BCUT2D eigenvalue weighted by Crippen LogP contribution is -2.52. The van der Waals surface area contributed by atoms with Crippen LogP contribution in [0.2, 0.25) is 0 Å². The molecule has 0 fully saturated rings. The van der Waals surface area contributed by atoms with E-state index in [0.29, 0.717) is 18.5 Å². The lowest BCUT2D eigenvalue weighted by atomic mass is 10.0. The lowest BCUT2D eigenvalue weighted by molar-refractivity contribution is -0.143. The first-order valence-corrected chi connectivity index (χ1v) is 15.0. The second-order valence-corrected chi connectivity index (χ2v) is 10.4. The third-order valence-corrected chi connectivity index (χ3v) is 6.86. The normalized spacial score (nSPS) is 12.5. The molecule has 0 aromatic carbocycles. The Morgan fingerprint density at radius 3 is 1.97 bits per heavy atom. The maximum atomic E-state index is 12.4. The number of hydrogen-bond acceptors (Lipinski definition) is 8. The van der Waals surface area contributed by atoms with Crippen molar-refractivity contribution < 1.29 is 33.8 Å². The van der Waals surface area contributed by atoms with Crippen LogP contribution in [0.3, 0.4) is 0 Å². The molecule has 0 aromatic rings. The monoisotopic (exact) mass is 546 g/mol. The van der Waals surface area contributed by atoms with Gasteiger partial charge in [-0.2, -0.15) is 11.8 Å². The summed E-state index contributed by atoms with van der Waals surface area (Å²) in [5, 5.41) is 13.7. The Morgan fingerprint density at radius 2 is 1.46 bits per heavy atom. The number of nitrogens with one attached hydrogen (secondary N) is 2. The van der Waals surface area contributed by atoms with Crippen LogP contribution in [-0.4, -0.2) is 72.8 Å². The summed E-state index contributed by atoms with van der Waals surface area (Å²) in [4.78, 5) is 46.8. The molecular formula is C27H50N2O7S. The SMILES string of the molecule is CCCCCCCCCCCCCCCC(=O)OCCSC[C@H](NC(C)=O)C(=O)N[C@H](C=O)COCO. The number of carbonyl (C=O) groups excluding carboxylic acids is 4. The van der Waals surface area contributed by atoms with Crippen molar-refractivity contribution >= 4 is 35.8 Å². The van der Waals surface area contributed by atoms with Crippen molar-refractivity contribution in [3.63, 3.8) is 0 Å². The molecule has 216 valence electrons. The largest absolute Gasteiger partial charge is 0.465 e. The van der Waals surface area contributed by atoms with Gasteiger partial charge in [0.05, 0.1) is 6.61 Å². The second kappa shape index (κ2) is 26.0. The zero-order chi connectivity index (χ0) is 27.6. The molecule has 0 aromatic heterocycles. The number of hydrogen-bond donors (Lipinski definition) is 3. The van der Waals surface area contributed by atoms with Crippen LogP contribution in [0, 0.1) is 0 Å². The molecule has 2 amide bonds. The number of aldehydes is 1. The van der Waals surface area contributed by atoms with E-state index in [1.54, 1.807) is 0 Å². The predicted molar refractivity (Wildman–Crippen MR) is 147 cm³/mol. The molecule has 2 atom stereocenters. The number of thioether (sulfide) groups is 1. The van der Waals surface area contributed by atoms with Crippen LogP contribution >= 0.6 is 11.8 Å². The van der Waals surface area contributed by atoms with Gasteiger partial charge in [0.2, 0.25) is 11.8 Å². The van der Waals surface area contributed by atoms with E-state index < -0.39 is 24.8 Å². The van der Waals surface area contributed by atoms with E-state index in [9.17, 15) is 19.2 Å². The first-order valence-electron chi connectivity index (χ1n) is 13.9. The minimum atomic E-state index is -0.924. The molecule has 0 saturated heterocycles. The highest BCUT2D eigenvalue weighted by atomic mass is 32.2. The molecule has 0 radical (unpaired) electrons. The van der Waals surface area contributed by atoms with Crippen LogP contribution in [0.15, 0.2) is 0 Å². The standard InChI is InChI=1S/C27H50N2O7S/c1-3-4-5-6-7-8-9-10-11-12-13-14-15-16-26(33)36-17-18-37-21-25(28-23(2)32)27(34)29-24(19-30)20-35-22-31/h19,24-25,31H,3-18,20-22H2,1-2H3,(H,28,32)(H,29,34)/t24-,25+/m1/s1. The zero-order valence-electron chi connectivity index (χ0n) is 23.0. The summed E-state index contributed by atoms with van der Waals surface area (Å²) in [7, 11) is 0. The maximum absolute atomic E-state index is 12.4. The summed E-state index contributed by atoms with van der Waals surface area (Å²) in [6, 6.07) is -1.77. The molecule has 0 rings (SSSR count). The third kappa shape index (κ3) is 23.2. The van der Waals surface area contributed by atoms with Gasteiger partial charge < -0.3 is 30.0 Å². The van der Waals surface area contributed by atoms with Crippen LogP contribution in [0.1, 0.15) is 104 Å². The van der Waals surface area contributed by atoms with Crippen LogP contribution in [-0.2, 0) is 28.7 Å². The highest BCUT2D eigenvalue weighted by molar-refractivity contribution is 7.99. The van der Waals surface area contributed by atoms with Crippen molar-refractivity contribution in [2.45, 2.75) is 116 Å². The summed E-state index contributed by atoms with van der Waals surface area (Å²) in [5.74, 6) is -0.371. The van der Waals surface area contributed by atoms with Gasteiger partial charge in [0, 0.05) is 24.9 Å². The molecule has 0 bridgehead atoms. The van der Waals surface area contributed by atoms with Crippen LogP contribution in [0.4, 0.5) is 0 Å². The summed E-state index contributed by atoms with van der Waals surface area (Å²) >= 11 is 1.36. The number of esters is 1. The maximum Gasteiger partial charge on any atom is 0.305 e. The smallest absolute Gasteiger partial charge is 0.305 e. The van der Waals surface area contributed by atoms with Crippen molar-refractivity contribution in [3.8, 4) is 0 Å². The van der Waals surface area contributed by atoms with E-state index in [1.807, 2.05) is 0 Å². The average molecular weight is 547 g/mol. The fraction of sp³-hybridized carbons (Fsp3) is 0.852. The van der Waals surface area contributed by atoms with E-state index in [1.165, 1.54) is 82.9 Å². The summed E-state index contributed by atoms with van der Waals surface area (Å²) < 4.78 is 9.99. The highest BCUT2D eigenvalue weighted by Crippen LogP contribution is 2.13. The van der Waals surface area contributed by atoms with Gasteiger partial charge in [0.15, 0.2) is 0 Å². The fourth-order valence-electron chi connectivity index (χ4n) is 3.78.